The highest BCUT2D eigenvalue weighted by Gasteiger charge is 1.97. The highest BCUT2D eigenvalue weighted by atomic mass is 14.9. The van der Waals surface area contributed by atoms with Crippen LogP contribution >= 0.6 is 0 Å². The minimum atomic E-state index is 0.853. The second-order valence-corrected chi connectivity index (χ2v) is 6.95. The highest BCUT2D eigenvalue weighted by molar-refractivity contribution is 5.62. The van der Waals surface area contributed by atoms with Gasteiger partial charge >= 0.3 is 0 Å². The van der Waals surface area contributed by atoms with E-state index in [1.54, 1.807) is 0 Å². The van der Waals surface area contributed by atoms with Crippen molar-refractivity contribution < 1.29 is 0 Å². The predicted molar refractivity (Wildman–Crippen MR) is 107 cm³/mol. The third kappa shape index (κ3) is 7.54. The van der Waals surface area contributed by atoms with E-state index in [1.807, 2.05) is 18.2 Å². The molecule has 0 atom stereocenters. The Morgan fingerprint density at radius 2 is 1.25 bits per heavy atom. The summed E-state index contributed by atoms with van der Waals surface area (Å²) in [6.45, 7) is 5.69. The molecule has 0 saturated heterocycles. The molecule has 2 rings (SSSR count). The fraction of sp³-hybridized carbons (Fsp3) is 0.455. The summed E-state index contributed by atoms with van der Waals surface area (Å²) >= 11 is 0. The van der Waals surface area contributed by atoms with Gasteiger partial charge in [-0.3, -0.25) is 0 Å². The van der Waals surface area contributed by atoms with Crippen LogP contribution in [0.25, 0.3) is 0 Å². The molecule has 0 aliphatic heterocycles. The monoisotopic (exact) mass is 324 g/mol. The van der Waals surface area contributed by atoms with E-state index >= 15 is 0 Å². The molecule has 2 aromatic rings. The normalized spacial score (nSPS) is 10.8. The topological polar surface area (TPSA) is 24.1 Å². The van der Waals surface area contributed by atoms with Gasteiger partial charge in [0.2, 0.25) is 0 Å². The van der Waals surface area contributed by atoms with Crippen molar-refractivity contribution >= 4 is 17.1 Å². The van der Waals surface area contributed by atoms with Gasteiger partial charge in [0.15, 0.2) is 0 Å². The first-order chi connectivity index (χ1) is 11.7. The maximum atomic E-state index is 3.52. The fourth-order valence-corrected chi connectivity index (χ4v) is 2.80. The molecule has 0 fully saturated rings. The molecule has 2 N–H and O–H groups in total. The average molecular weight is 325 g/mol. The van der Waals surface area contributed by atoms with E-state index in [9.17, 15) is 0 Å². The van der Waals surface area contributed by atoms with Crippen LogP contribution in [0.2, 0.25) is 0 Å². The van der Waals surface area contributed by atoms with Crippen molar-refractivity contribution in [3.05, 3.63) is 54.6 Å². The van der Waals surface area contributed by atoms with Crippen LogP contribution < -0.4 is 10.6 Å². The molecule has 2 heteroatoms. The number of hydrogen-bond donors (Lipinski definition) is 2. The van der Waals surface area contributed by atoms with Crippen LogP contribution in [0.15, 0.2) is 54.6 Å². The van der Waals surface area contributed by atoms with Crippen molar-refractivity contribution in [1.82, 2.24) is 0 Å². The molecule has 0 aliphatic rings. The van der Waals surface area contributed by atoms with Crippen LogP contribution in [-0.4, -0.2) is 6.54 Å². The lowest BCUT2D eigenvalue weighted by Gasteiger charge is -2.09. The largest absolute Gasteiger partial charge is 0.385 e. The summed E-state index contributed by atoms with van der Waals surface area (Å²) in [6.07, 6.45) is 8.11. The van der Waals surface area contributed by atoms with Crippen molar-refractivity contribution in [2.75, 3.05) is 17.2 Å². The SMILES string of the molecule is CC(C)CCCCCCCNc1ccc(Nc2ccccc2)cc1. The van der Waals surface area contributed by atoms with Gasteiger partial charge in [0.25, 0.3) is 0 Å². The van der Waals surface area contributed by atoms with Gasteiger partial charge in [0, 0.05) is 23.6 Å². The van der Waals surface area contributed by atoms with Crippen molar-refractivity contribution in [3.63, 3.8) is 0 Å². The molecule has 0 aliphatic carbocycles. The number of para-hydroxylation sites is 1. The van der Waals surface area contributed by atoms with Crippen molar-refractivity contribution in [2.45, 2.75) is 52.4 Å². The Labute approximate surface area is 147 Å². The summed E-state index contributed by atoms with van der Waals surface area (Å²) in [5.74, 6) is 0.853. The average Bonchev–Trinajstić information content (AvgIpc) is 2.59. The zero-order valence-electron chi connectivity index (χ0n) is 15.2. The van der Waals surface area contributed by atoms with Crippen LogP contribution in [0, 0.1) is 5.92 Å². The molecule has 0 bridgehead atoms. The molecule has 0 saturated carbocycles. The van der Waals surface area contributed by atoms with Crippen molar-refractivity contribution in [3.8, 4) is 0 Å². The van der Waals surface area contributed by atoms with E-state index < -0.39 is 0 Å². The maximum absolute atomic E-state index is 3.52. The minimum Gasteiger partial charge on any atom is -0.385 e. The Morgan fingerprint density at radius 1 is 0.667 bits per heavy atom. The second kappa shape index (κ2) is 10.7. The lowest BCUT2D eigenvalue weighted by atomic mass is 10.0. The number of unbranched alkanes of at least 4 members (excludes halogenated alkanes) is 4. The number of nitrogens with one attached hydrogen (secondary N) is 2. The van der Waals surface area contributed by atoms with Crippen LogP contribution in [0.3, 0.4) is 0 Å². The molecule has 2 aromatic carbocycles. The summed E-state index contributed by atoms with van der Waals surface area (Å²) in [4.78, 5) is 0. The number of benzene rings is 2. The Morgan fingerprint density at radius 3 is 1.96 bits per heavy atom. The summed E-state index contributed by atoms with van der Waals surface area (Å²) < 4.78 is 0. The van der Waals surface area contributed by atoms with Gasteiger partial charge in [-0.05, 0) is 48.7 Å². The molecule has 0 spiro atoms. The maximum Gasteiger partial charge on any atom is 0.0385 e. The van der Waals surface area contributed by atoms with Gasteiger partial charge in [-0.2, -0.15) is 0 Å². The van der Waals surface area contributed by atoms with Gasteiger partial charge in [0.05, 0.1) is 0 Å². The first-order valence-corrected chi connectivity index (χ1v) is 9.40. The third-order valence-corrected chi connectivity index (χ3v) is 4.23. The molecular formula is C22H32N2. The second-order valence-electron chi connectivity index (χ2n) is 6.95. The predicted octanol–water partition coefficient (Wildman–Crippen LogP) is 6.84. The minimum absolute atomic E-state index is 0.853. The van der Waals surface area contributed by atoms with Gasteiger partial charge < -0.3 is 10.6 Å². The first-order valence-electron chi connectivity index (χ1n) is 9.40. The van der Waals surface area contributed by atoms with Crippen molar-refractivity contribution in [2.24, 2.45) is 5.92 Å². The Balaban J connectivity index is 1.58. The van der Waals surface area contributed by atoms with E-state index in [4.69, 9.17) is 0 Å². The van der Waals surface area contributed by atoms with Crippen molar-refractivity contribution in [1.29, 1.82) is 0 Å². The zero-order chi connectivity index (χ0) is 17.0. The highest BCUT2D eigenvalue weighted by Crippen LogP contribution is 2.18. The Hall–Kier alpha value is -1.96. The smallest absolute Gasteiger partial charge is 0.0385 e. The molecule has 0 unspecified atom stereocenters. The van der Waals surface area contributed by atoms with E-state index in [1.165, 1.54) is 44.2 Å². The molecular weight excluding hydrogens is 292 g/mol. The number of rotatable bonds is 11. The number of anilines is 3. The summed E-state index contributed by atoms with van der Waals surface area (Å²) in [5, 5.41) is 6.92. The van der Waals surface area contributed by atoms with Crippen LogP contribution in [0.1, 0.15) is 52.4 Å². The zero-order valence-corrected chi connectivity index (χ0v) is 15.2. The quantitative estimate of drug-likeness (QED) is 0.442. The first kappa shape index (κ1) is 18.4. The summed E-state index contributed by atoms with van der Waals surface area (Å²) in [5.41, 5.74) is 3.45. The van der Waals surface area contributed by atoms with Gasteiger partial charge in [-0.25, -0.2) is 0 Å². The molecule has 0 aromatic heterocycles. The lowest BCUT2D eigenvalue weighted by Crippen LogP contribution is -2.01. The third-order valence-electron chi connectivity index (χ3n) is 4.23. The van der Waals surface area contributed by atoms with Gasteiger partial charge in [0.1, 0.15) is 0 Å². The molecule has 0 heterocycles. The summed E-state index contributed by atoms with van der Waals surface area (Å²) in [7, 11) is 0. The molecule has 130 valence electrons. The van der Waals surface area contributed by atoms with E-state index in [0.717, 1.165) is 23.8 Å². The van der Waals surface area contributed by atoms with E-state index in [2.05, 4.69) is 60.9 Å². The van der Waals surface area contributed by atoms with Gasteiger partial charge in [-0.1, -0.05) is 64.2 Å². The van der Waals surface area contributed by atoms with Crippen LogP contribution in [0.5, 0.6) is 0 Å². The molecule has 0 radical (unpaired) electrons. The van der Waals surface area contributed by atoms with Gasteiger partial charge in [-0.15, -0.1) is 0 Å². The standard InChI is InChI=1S/C22H32N2/c1-19(2)11-7-4-3-5-10-18-23-20-14-16-22(17-15-20)24-21-12-8-6-9-13-21/h6,8-9,12-17,19,23-24H,3-5,7,10-11,18H2,1-2H3. The molecule has 2 nitrogen and oxygen atoms in total. The van der Waals surface area contributed by atoms with E-state index in [-0.39, 0.29) is 0 Å². The molecule has 0 amide bonds. The Bertz CT molecular complexity index is 546. The number of hydrogen-bond acceptors (Lipinski definition) is 2. The van der Waals surface area contributed by atoms with Crippen LogP contribution in [0.4, 0.5) is 17.1 Å². The van der Waals surface area contributed by atoms with Crippen LogP contribution in [-0.2, 0) is 0 Å². The fourth-order valence-electron chi connectivity index (χ4n) is 2.80. The van der Waals surface area contributed by atoms with E-state index in [0.29, 0.717) is 0 Å². The lowest BCUT2D eigenvalue weighted by molar-refractivity contribution is 0.517. The Kier molecular flexibility index (Phi) is 8.23. The molecule has 24 heavy (non-hydrogen) atoms. The summed E-state index contributed by atoms with van der Waals surface area (Å²) in [6, 6.07) is 18.8.